The lowest BCUT2D eigenvalue weighted by atomic mass is 10.2. The summed E-state index contributed by atoms with van der Waals surface area (Å²) in [5.41, 5.74) is 0. The van der Waals surface area contributed by atoms with Gasteiger partial charge in [-0.2, -0.15) is 0 Å². The van der Waals surface area contributed by atoms with Crippen LogP contribution < -0.4 is 5.32 Å². The topological polar surface area (TPSA) is 49.3 Å². The number of aliphatic hydroxyl groups is 1. The van der Waals surface area contributed by atoms with E-state index in [1.165, 1.54) is 11.8 Å². The van der Waals surface area contributed by atoms with Crippen molar-refractivity contribution >= 4 is 17.7 Å². The van der Waals surface area contributed by atoms with Crippen LogP contribution in [-0.2, 0) is 4.79 Å². The highest BCUT2D eigenvalue weighted by Crippen LogP contribution is 2.00. The van der Waals surface area contributed by atoms with Gasteiger partial charge in [0.2, 0.25) is 5.91 Å². The Morgan fingerprint density at radius 1 is 1.46 bits per heavy atom. The Labute approximate surface area is 84.3 Å². The van der Waals surface area contributed by atoms with Gasteiger partial charge in [0.05, 0.1) is 12.4 Å². The van der Waals surface area contributed by atoms with Crippen molar-refractivity contribution in [2.45, 2.75) is 32.7 Å². The summed E-state index contributed by atoms with van der Waals surface area (Å²) in [7, 11) is 0. The normalized spacial score (nSPS) is 10.5. The molecule has 0 aliphatic carbocycles. The van der Waals surface area contributed by atoms with Gasteiger partial charge in [-0.15, -0.1) is 11.8 Å². The molecule has 0 unspecified atom stereocenters. The number of nitrogens with one attached hydrogen (secondary N) is 1. The molecular formula is C9H19NO2S. The average molecular weight is 205 g/mol. The molecule has 4 heteroatoms. The molecule has 0 saturated carbocycles. The first-order valence-electron chi connectivity index (χ1n) is 4.72. The van der Waals surface area contributed by atoms with Gasteiger partial charge in [-0.25, -0.2) is 0 Å². The van der Waals surface area contributed by atoms with E-state index < -0.39 is 0 Å². The van der Waals surface area contributed by atoms with Gasteiger partial charge in [0.1, 0.15) is 0 Å². The summed E-state index contributed by atoms with van der Waals surface area (Å²) < 4.78 is 0. The molecule has 0 rings (SSSR count). The monoisotopic (exact) mass is 205 g/mol. The van der Waals surface area contributed by atoms with E-state index in [2.05, 4.69) is 19.2 Å². The lowest BCUT2D eigenvalue weighted by molar-refractivity contribution is -0.119. The van der Waals surface area contributed by atoms with Crippen molar-refractivity contribution in [3.05, 3.63) is 0 Å². The number of amides is 1. The minimum absolute atomic E-state index is 0.0761. The molecule has 3 nitrogen and oxygen atoms in total. The first kappa shape index (κ1) is 12.8. The largest absolute Gasteiger partial charge is 0.396 e. The van der Waals surface area contributed by atoms with Crippen LogP contribution in [0.3, 0.4) is 0 Å². The van der Waals surface area contributed by atoms with Crippen molar-refractivity contribution in [2.24, 2.45) is 0 Å². The first-order chi connectivity index (χ1) is 6.24. The molecule has 0 fully saturated rings. The maximum absolute atomic E-state index is 11.2. The lowest BCUT2D eigenvalue weighted by Gasteiger charge is -2.14. The van der Waals surface area contributed by atoms with E-state index >= 15 is 0 Å². The molecule has 0 bridgehead atoms. The molecule has 13 heavy (non-hydrogen) atoms. The van der Waals surface area contributed by atoms with Gasteiger partial charge in [-0.1, -0.05) is 13.8 Å². The lowest BCUT2D eigenvalue weighted by Crippen LogP contribution is -2.35. The van der Waals surface area contributed by atoms with Crippen molar-refractivity contribution in [2.75, 3.05) is 18.1 Å². The van der Waals surface area contributed by atoms with Gasteiger partial charge in [-0.05, 0) is 12.8 Å². The molecular weight excluding hydrogens is 186 g/mol. The van der Waals surface area contributed by atoms with Crippen molar-refractivity contribution < 1.29 is 9.90 Å². The number of carbonyl (C=O) groups excluding carboxylic acids is 1. The quantitative estimate of drug-likeness (QED) is 0.610. The van der Waals surface area contributed by atoms with Crippen LogP contribution in [0.4, 0.5) is 0 Å². The zero-order valence-electron chi connectivity index (χ0n) is 8.38. The molecule has 0 heterocycles. The van der Waals surface area contributed by atoms with Crippen LogP contribution in [0.15, 0.2) is 0 Å². The highest BCUT2D eigenvalue weighted by molar-refractivity contribution is 7.99. The van der Waals surface area contributed by atoms with Crippen LogP contribution in [0, 0.1) is 0 Å². The summed E-state index contributed by atoms with van der Waals surface area (Å²) in [5.74, 6) is 1.17. The third-order valence-electron chi connectivity index (χ3n) is 1.82. The van der Waals surface area contributed by atoms with Gasteiger partial charge < -0.3 is 10.4 Å². The third kappa shape index (κ3) is 6.90. The van der Waals surface area contributed by atoms with E-state index in [1.54, 1.807) is 0 Å². The Kier molecular flexibility index (Phi) is 8.24. The van der Waals surface area contributed by atoms with E-state index in [9.17, 15) is 4.79 Å². The molecule has 0 aliphatic rings. The summed E-state index contributed by atoms with van der Waals surface area (Å²) in [6.07, 6.45) is 1.96. The minimum Gasteiger partial charge on any atom is -0.396 e. The zero-order chi connectivity index (χ0) is 10.1. The maximum atomic E-state index is 11.2. The third-order valence-corrected chi connectivity index (χ3v) is 2.76. The fourth-order valence-electron chi connectivity index (χ4n) is 0.992. The maximum Gasteiger partial charge on any atom is 0.230 e. The highest BCUT2D eigenvalue weighted by atomic mass is 32.2. The Hall–Kier alpha value is -0.220. The van der Waals surface area contributed by atoms with Gasteiger partial charge in [0, 0.05) is 11.8 Å². The minimum atomic E-state index is 0.0761. The van der Waals surface area contributed by atoms with E-state index in [0.29, 0.717) is 17.5 Å². The molecule has 0 radical (unpaired) electrons. The molecule has 0 aromatic rings. The summed E-state index contributed by atoms with van der Waals surface area (Å²) in [5, 5.41) is 11.4. The molecule has 1 amide bonds. The van der Waals surface area contributed by atoms with Gasteiger partial charge in [0.15, 0.2) is 0 Å². The summed E-state index contributed by atoms with van der Waals surface area (Å²) >= 11 is 1.46. The van der Waals surface area contributed by atoms with Crippen molar-refractivity contribution in [3.63, 3.8) is 0 Å². The first-order valence-corrected chi connectivity index (χ1v) is 5.88. The molecule has 0 aromatic carbocycles. The van der Waals surface area contributed by atoms with Crippen molar-refractivity contribution in [1.82, 2.24) is 5.32 Å². The standard InChI is InChI=1S/C9H19NO2S/c1-3-8(4-2)10-9(12)7-13-6-5-11/h8,11H,3-7H2,1-2H3,(H,10,12). The second kappa shape index (κ2) is 8.38. The fourth-order valence-corrected chi connectivity index (χ4v) is 1.53. The van der Waals surface area contributed by atoms with Gasteiger partial charge in [-0.3, -0.25) is 4.79 Å². The van der Waals surface area contributed by atoms with E-state index in [1.807, 2.05) is 0 Å². The fraction of sp³-hybridized carbons (Fsp3) is 0.889. The smallest absolute Gasteiger partial charge is 0.230 e. The van der Waals surface area contributed by atoms with Gasteiger partial charge >= 0.3 is 0 Å². The van der Waals surface area contributed by atoms with Crippen LogP contribution in [-0.4, -0.2) is 35.2 Å². The number of hydrogen-bond donors (Lipinski definition) is 2. The number of aliphatic hydroxyl groups excluding tert-OH is 1. The van der Waals surface area contributed by atoms with Crippen LogP contribution in [0.5, 0.6) is 0 Å². The Bertz CT molecular complexity index is 138. The molecule has 0 aromatic heterocycles. The van der Waals surface area contributed by atoms with Crippen molar-refractivity contribution in [1.29, 1.82) is 0 Å². The van der Waals surface area contributed by atoms with E-state index in [-0.39, 0.29) is 12.5 Å². The Morgan fingerprint density at radius 3 is 2.54 bits per heavy atom. The Balaban J connectivity index is 3.48. The molecule has 0 atom stereocenters. The number of carbonyl (C=O) groups is 1. The number of thioether (sulfide) groups is 1. The zero-order valence-corrected chi connectivity index (χ0v) is 9.19. The summed E-state index contributed by atoms with van der Waals surface area (Å²) in [4.78, 5) is 11.2. The molecule has 0 saturated heterocycles. The van der Waals surface area contributed by atoms with Crippen LogP contribution in [0.25, 0.3) is 0 Å². The number of rotatable bonds is 7. The SMILES string of the molecule is CCC(CC)NC(=O)CSCCO. The molecule has 0 aliphatic heterocycles. The van der Waals surface area contributed by atoms with E-state index in [0.717, 1.165) is 12.8 Å². The van der Waals surface area contributed by atoms with Crippen LogP contribution in [0.2, 0.25) is 0 Å². The molecule has 0 spiro atoms. The highest BCUT2D eigenvalue weighted by Gasteiger charge is 2.07. The average Bonchev–Trinajstić information content (AvgIpc) is 2.14. The van der Waals surface area contributed by atoms with Crippen LogP contribution in [0.1, 0.15) is 26.7 Å². The Morgan fingerprint density at radius 2 is 2.08 bits per heavy atom. The second-order valence-electron chi connectivity index (χ2n) is 2.86. The second-order valence-corrected chi connectivity index (χ2v) is 3.96. The number of hydrogen-bond acceptors (Lipinski definition) is 3. The van der Waals surface area contributed by atoms with E-state index in [4.69, 9.17) is 5.11 Å². The predicted octanol–water partition coefficient (Wildman–Crippen LogP) is 1.02. The summed E-state index contributed by atoms with van der Waals surface area (Å²) in [6.45, 7) is 4.27. The van der Waals surface area contributed by atoms with Gasteiger partial charge in [0.25, 0.3) is 0 Å². The molecule has 78 valence electrons. The van der Waals surface area contributed by atoms with Crippen molar-refractivity contribution in [3.8, 4) is 0 Å². The predicted molar refractivity (Wildman–Crippen MR) is 56.9 cm³/mol. The van der Waals surface area contributed by atoms with Crippen LogP contribution >= 0.6 is 11.8 Å². The summed E-state index contributed by atoms with van der Waals surface area (Å²) in [6, 6.07) is 0.308. The molecule has 2 N–H and O–H groups in total.